The molecule has 1 aliphatic heterocycles. The van der Waals surface area contributed by atoms with Crippen LogP contribution >= 0.6 is 0 Å². The van der Waals surface area contributed by atoms with Gasteiger partial charge in [-0.1, -0.05) is 46.0 Å². The first kappa shape index (κ1) is 17.3. The molecule has 1 saturated carbocycles. The van der Waals surface area contributed by atoms with Crippen LogP contribution in [0.4, 0.5) is 0 Å². The maximum Gasteiger partial charge on any atom is 0.0198 e. The first-order valence-corrected chi connectivity index (χ1v) is 9.77. The van der Waals surface area contributed by atoms with Gasteiger partial charge in [-0.05, 0) is 57.0 Å². The minimum absolute atomic E-state index is 0.758. The second-order valence-corrected chi connectivity index (χ2v) is 7.61. The van der Waals surface area contributed by atoms with Crippen LogP contribution in [0, 0.1) is 11.8 Å². The number of hydrogen-bond donors (Lipinski definition) is 1. The predicted molar refractivity (Wildman–Crippen MR) is 92.7 cm³/mol. The second-order valence-electron chi connectivity index (χ2n) is 7.61. The summed E-state index contributed by atoms with van der Waals surface area (Å²) in [5, 5.41) is 3.94. The molecule has 1 N–H and O–H groups in total. The van der Waals surface area contributed by atoms with Crippen LogP contribution in [0.25, 0.3) is 0 Å². The van der Waals surface area contributed by atoms with Crippen molar-refractivity contribution in [3.05, 3.63) is 0 Å². The molecular formula is C19H38N2. The molecule has 2 atom stereocenters. The number of piperidine rings is 1. The molecule has 0 radical (unpaired) electrons. The van der Waals surface area contributed by atoms with E-state index in [0.29, 0.717) is 0 Å². The predicted octanol–water partition coefficient (Wildman–Crippen LogP) is 4.45. The summed E-state index contributed by atoms with van der Waals surface area (Å²) in [6.45, 7) is 9.87. The molecule has 1 saturated heterocycles. The fourth-order valence-electron chi connectivity index (χ4n) is 4.38. The van der Waals surface area contributed by atoms with Crippen LogP contribution < -0.4 is 5.32 Å². The summed E-state index contributed by atoms with van der Waals surface area (Å²) in [5.41, 5.74) is 0. The van der Waals surface area contributed by atoms with Crippen molar-refractivity contribution in [3.63, 3.8) is 0 Å². The van der Waals surface area contributed by atoms with Gasteiger partial charge in [0.15, 0.2) is 0 Å². The number of nitrogens with zero attached hydrogens (tertiary/aromatic N) is 1. The average Bonchev–Trinajstić information content (AvgIpc) is 2.52. The van der Waals surface area contributed by atoms with Crippen LogP contribution in [0.15, 0.2) is 0 Å². The summed E-state index contributed by atoms with van der Waals surface area (Å²) in [5.74, 6) is 1.91. The highest BCUT2D eigenvalue weighted by atomic mass is 15.2. The van der Waals surface area contributed by atoms with Gasteiger partial charge < -0.3 is 10.2 Å². The van der Waals surface area contributed by atoms with E-state index in [1.807, 2.05) is 0 Å². The van der Waals surface area contributed by atoms with E-state index in [1.165, 1.54) is 90.4 Å². The zero-order chi connectivity index (χ0) is 14.9. The molecule has 124 valence electrons. The highest BCUT2D eigenvalue weighted by Crippen LogP contribution is 2.25. The van der Waals surface area contributed by atoms with Gasteiger partial charge in [-0.3, -0.25) is 0 Å². The van der Waals surface area contributed by atoms with Gasteiger partial charge in [0.05, 0.1) is 0 Å². The topological polar surface area (TPSA) is 15.3 Å². The van der Waals surface area contributed by atoms with Gasteiger partial charge in [0.1, 0.15) is 0 Å². The molecule has 0 aromatic rings. The molecule has 0 spiro atoms. The molecule has 1 heterocycles. The summed E-state index contributed by atoms with van der Waals surface area (Å²) in [7, 11) is 0. The maximum absolute atomic E-state index is 3.94. The highest BCUT2D eigenvalue weighted by molar-refractivity contribution is 4.84. The molecule has 2 heteroatoms. The Morgan fingerprint density at radius 3 is 2.48 bits per heavy atom. The Bertz CT molecular complexity index is 260. The van der Waals surface area contributed by atoms with Gasteiger partial charge in [0.2, 0.25) is 0 Å². The van der Waals surface area contributed by atoms with Crippen molar-refractivity contribution < 1.29 is 0 Å². The van der Waals surface area contributed by atoms with E-state index >= 15 is 0 Å². The minimum atomic E-state index is 0.758. The number of likely N-dealkylation sites (tertiary alicyclic amines) is 1. The Morgan fingerprint density at radius 2 is 1.76 bits per heavy atom. The molecule has 2 unspecified atom stereocenters. The number of nitrogens with one attached hydrogen (secondary N) is 1. The minimum Gasteiger partial charge on any atom is -0.312 e. The Labute approximate surface area is 133 Å². The normalized spacial score (nSPS) is 28.9. The molecule has 21 heavy (non-hydrogen) atoms. The Balaban J connectivity index is 1.75. The molecule has 0 aromatic carbocycles. The fraction of sp³-hybridized carbons (Fsp3) is 1.00. The number of unbranched alkanes of at least 4 members (excludes halogenated alkanes) is 1. The third-order valence-electron chi connectivity index (χ3n) is 5.54. The molecule has 1 aliphatic carbocycles. The van der Waals surface area contributed by atoms with Gasteiger partial charge in [-0.25, -0.2) is 0 Å². The van der Waals surface area contributed by atoms with Gasteiger partial charge in [0.25, 0.3) is 0 Å². The lowest BCUT2D eigenvalue weighted by Crippen LogP contribution is -2.50. The monoisotopic (exact) mass is 294 g/mol. The van der Waals surface area contributed by atoms with Crippen molar-refractivity contribution in [2.75, 3.05) is 26.2 Å². The second kappa shape index (κ2) is 9.84. The summed E-state index contributed by atoms with van der Waals surface area (Å²) in [6, 6.07) is 0.758. The molecule has 2 rings (SSSR count). The van der Waals surface area contributed by atoms with Crippen molar-refractivity contribution in [3.8, 4) is 0 Å². The number of rotatable bonds is 8. The van der Waals surface area contributed by atoms with Crippen molar-refractivity contribution >= 4 is 0 Å². The van der Waals surface area contributed by atoms with Crippen LogP contribution in [-0.4, -0.2) is 37.1 Å². The van der Waals surface area contributed by atoms with Gasteiger partial charge >= 0.3 is 0 Å². The van der Waals surface area contributed by atoms with E-state index in [0.717, 1.165) is 17.9 Å². The lowest BCUT2D eigenvalue weighted by atomic mass is 9.87. The van der Waals surface area contributed by atoms with Crippen molar-refractivity contribution in [2.24, 2.45) is 11.8 Å². The molecule has 2 fully saturated rings. The van der Waals surface area contributed by atoms with E-state index < -0.39 is 0 Å². The lowest BCUT2D eigenvalue weighted by Gasteiger charge is -2.39. The molecule has 2 nitrogen and oxygen atoms in total. The van der Waals surface area contributed by atoms with Gasteiger partial charge in [-0.2, -0.15) is 0 Å². The van der Waals surface area contributed by atoms with E-state index in [-0.39, 0.29) is 0 Å². The standard InChI is InChI=1S/C19H38N2/c1-3-5-9-18-13-19(16-21(15-18)12-4-2)20-14-17-10-7-6-8-11-17/h17-20H,3-16H2,1-2H3. The highest BCUT2D eigenvalue weighted by Gasteiger charge is 2.26. The number of hydrogen-bond acceptors (Lipinski definition) is 2. The Hall–Kier alpha value is -0.0800. The van der Waals surface area contributed by atoms with Crippen LogP contribution in [-0.2, 0) is 0 Å². The zero-order valence-electron chi connectivity index (χ0n) is 14.6. The van der Waals surface area contributed by atoms with E-state index in [4.69, 9.17) is 0 Å². The van der Waals surface area contributed by atoms with E-state index in [2.05, 4.69) is 24.1 Å². The summed E-state index contributed by atoms with van der Waals surface area (Å²) >= 11 is 0. The maximum atomic E-state index is 3.94. The van der Waals surface area contributed by atoms with Gasteiger partial charge in [-0.15, -0.1) is 0 Å². The Morgan fingerprint density at radius 1 is 0.952 bits per heavy atom. The quantitative estimate of drug-likeness (QED) is 0.711. The van der Waals surface area contributed by atoms with Crippen LogP contribution in [0.3, 0.4) is 0 Å². The average molecular weight is 295 g/mol. The first-order chi connectivity index (χ1) is 10.3. The van der Waals surface area contributed by atoms with Crippen LogP contribution in [0.2, 0.25) is 0 Å². The molecule has 2 aliphatic rings. The third-order valence-corrected chi connectivity index (χ3v) is 5.54. The van der Waals surface area contributed by atoms with E-state index in [1.54, 1.807) is 0 Å². The van der Waals surface area contributed by atoms with Crippen molar-refractivity contribution in [2.45, 2.75) is 84.1 Å². The first-order valence-electron chi connectivity index (χ1n) is 9.77. The Kier molecular flexibility index (Phi) is 8.10. The third kappa shape index (κ3) is 6.28. The van der Waals surface area contributed by atoms with E-state index in [9.17, 15) is 0 Å². The summed E-state index contributed by atoms with van der Waals surface area (Å²) in [6.07, 6.45) is 14.3. The SMILES string of the molecule is CCCCC1CC(NCC2CCCCC2)CN(CCC)C1. The molecular weight excluding hydrogens is 256 g/mol. The molecule has 0 aromatic heterocycles. The molecule has 0 bridgehead atoms. The van der Waals surface area contributed by atoms with Crippen molar-refractivity contribution in [1.29, 1.82) is 0 Å². The van der Waals surface area contributed by atoms with Crippen LogP contribution in [0.1, 0.15) is 78.1 Å². The summed E-state index contributed by atoms with van der Waals surface area (Å²) in [4.78, 5) is 2.72. The fourth-order valence-corrected chi connectivity index (χ4v) is 4.38. The molecule has 0 amide bonds. The summed E-state index contributed by atoms with van der Waals surface area (Å²) < 4.78 is 0. The lowest BCUT2D eigenvalue weighted by molar-refractivity contribution is 0.130. The van der Waals surface area contributed by atoms with Crippen LogP contribution in [0.5, 0.6) is 0 Å². The van der Waals surface area contributed by atoms with Crippen molar-refractivity contribution in [1.82, 2.24) is 10.2 Å². The largest absolute Gasteiger partial charge is 0.312 e. The zero-order valence-corrected chi connectivity index (χ0v) is 14.6. The van der Waals surface area contributed by atoms with Gasteiger partial charge in [0, 0.05) is 19.1 Å². The smallest absolute Gasteiger partial charge is 0.0198 e.